The van der Waals surface area contributed by atoms with Gasteiger partial charge in [0.1, 0.15) is 0 Å². The van der Waals surface area contributed by atoms with Gasteiger partial charge >= 0.3 is 0 Å². The van der Waals surface area contributed by atoms with Gasteiger partial charge in [-0.3, -0.25) is 0 Å². The Hall–Kier alpha value is 0.167. The van der Waals surface area contributed by atoms with E-state index in [1.165, 1.54) is 44.1 Å². The lowest BCUT2D eigenvalue weighted by atomic mass is 10.1. The van der Waals surface area contributed by atoms with E-state index in [9.17, 15) is 0 Å². The third kappa shape index (κ3) is 6.53. The van der Waals surface area contributed by atoms with Crippen LogP contribution in [0.2, 0.25) is 18.1 Å². The molecule has 1 rings (SSSR count). The lowest BCUT2D eigenvalue weighted by molar-refractivity contribution is 0.761. The zero-order chi connectivity index (χ0) is 17.1. The summed E-state index contributed by atoms with van der Waals surface area (Å²) >= 11 is 2.49. The number of rotatable bonds is 12. The maximum atomic E-state index is 2.57. The Labute approximate surface area is 160 Å². The van der Waals surface area contributed by atoms with Crippen molar-refractivity contribution in [2.24, 2.45) is 0 Å². The van der Waals surface area contributed by atoms with E-state index in [4.69, 9.17) is 0 Å². The molecule has 0 amide bonds. The fourth-order valence-corrected chi connectivity index (χ4v) is 10.5. The topological polar surface area (TPSA) is 0 Å². The lowest BCUT2D eigenvalue weighted by Gasteiger charge is -2.39. The first-order chi connectivity index (χ1) is 11.1. The fraction of sp³-hybridized carbons (Fsp3) is 0.714. The van der Waals surface area contributed by atoms with Crippen LogP contribution in [0.5, 0.6) is 0 Å². The Morgan fingerprint density at radius 3 is 1.87 bits per heavy atom. The summed E-state index contributed by atoms with van der Waals surface area (Å²) in [6.45, 7) is 9.65. The fourth-order valence-electron chi connectivity index (χ4n) is 3.91. The Bertz CT molecular complexity index is 408. The zero-order valence-corrected chi connectivity index (χ0v) is 19.0. The predicted octanol–water partition coefficient (Wildman–Crippen LogP) is 8.11. The quantitative estimate of drug-likeness (QED) is 0.173. The molecule has 1 aromatic carbocycles. The molecule has 0 aliphatic carbocycles. The summed E-state index contributed by atoms with van der Waals surface area (Å²) in [5.41, 5.74) is 3.95. The highest BCUT2D eigenvalue weighted by molar-refractivity contribution is 14.1. The van der Waals surface area contributed by atoms with Crippen LogP contribution in [0.4, 0.5) is 0 Å². The molecule has 0 saturated heterocycles. The molecule has 0 heterocycles. The van der Waals surface area contributed by atoms with E-state index in [2.05, 4.69) is 74.6 Å². The van der Waals surface area contributed by atoms with Gasteiger partial charge in [-0.05, 0) is 16.7 Å². The molecule has 0 N–H and O–H groups in total. The van der Waals surface area contributed by atoms with Crippen molar-refractivity contribution in [2.75, 3.05) is 0 Å². The molecule has 132 valence electrons. The second kappa shape index (κ2) is 11.7. The SMILES string of the molecule is CCCC[Si](CCCC)(CCCC)C(C)c1cccc(CI)c1. The van der Waals surface area contributed by atoms with Crippen molar-refractivity contribution in [1.29, 1.82) is 0 Å². The highest BCUT2D eigenvalue weighted by Gasteiger charge is 2.37. The molecule has 0 radical (unpaired) electrons. The van der Waals surface area contributed by atoms with Crippen LogP contribution in [0, 0.1) is 0 Å². The maximum Gasteiger partial charge on any atom is 0.0609 e. The van der Waals surface area contributed by atoms with Crippen LogP contribution in [0.3, 0.4) is 0 Å². The van der Waals surface area contributed by atoms with Crippen LogP contribution in [0.15, 0.2) is 24.3 Å². The maximum absolute atomic E-state index is 2.57. The van der Waals surface area contributed by atoms with Crippen molar-refractivity contribution < 1.29 is 0 Å². The molecule has 0 bridgehead atoms. The van der Waals surface area contributed by atoms with Crippen LogP contribution in [-0.4, -0.2) is 8.07 Å². The summed E-state index contributed by atoms with van der Waals surface area (Å²) in [7, 11) is -1.24. The number of unbranched alkanes of at least 4 members (excludes halogenated alkanes) is 3. The standard InChI is InChI=1S/C21H37ISi/c1-5-8-14-23(15-9-6-2,16-10-7-3)19(4)21-13-11-12-20(17-21)18-22/h11-13,17,19H,5-10,14-16,18H2,1-4H3. The Kier molecular flexibility index (Phi) is 10.8. The Balaban J connectivity index is 3.09. The summed E-state index contributed by atoms with van der Waals surface area (Å²) in [4.78, 5) is 0. The van der Waals surface area contributed by atoms with Crippen molar-refractivity contribution in [3.8, 4) is 0 Å². The number of hydrogen-bond donors (Lipinski definition) is 0. The highest BCUT2D eigenvalue weighted by Crippen LogP contribution is 2.40. The van der Waals surface area contributed by atoms with Gasteiger partial charge in [-0.1, -0.05) is 131 Å². The van der Waals surface area contributed by atoms with Gasteiger partial charge in [0.05, 0.1) is 8.07 Å². The van der Waals surface area contributed by atoms with Crippen LogP contribution in [-0.2, 0) is 4.43 Å². The second-order valence-electron chi connectivity index (χ2n) is 7.27. The van der Waals surface area contributed by atoms with E-state index < -0.39 is 8.07 Å². The van der Waals surface area contributed by atoms with Crippen LogP contribution < -0.4 is 0 Å². The average Bonchev–Trinajstić information content (AvgIpc) is 2.61. The summed E-state index contributed by atoms with van der Waals surface area (Å²) in [5, 5.41) is 0. The third-order valence-corrected chi connectivity index (χ3v) is 12.7. The predicted molar refractivity (Wildman–Crippen MR) is 117 cm³/mol. The number of alkyl halides is 1. The van der Waals surface area contributed by atoms with Gasteiger partial charge in [-0.15, -0.1) is 0 Å². The molecule has 1 unspecified atom stereocenters. The molecule has 23 heavy (non-hydrogen) atoms. The minimum Gasteiger partial charge on any atom is -0.0812 e. The molecular formula is C21H37ISi. The molecule has 0 nitrogen and oxygen atoms in total. The lowest BCUT2D eigenvalue weighted by Crippen LogP contribution is -2.40. The Morgan fingerprint density at radius 2 is 1.43 bits per heavy atom. The number of hydrogen-bond acceptors (Lipinski definition) is 0. The minimum atomic E-state index is -1.24. The van der Waals surface area contributed by atoms with Crippen molar-refractivity contribution in [1.82, 2.24) is 0 Å². The summed E-state index contributed by atoms with van der Waals surface area (Å²) < 4.78 is 1.13. The molecule has 0 aliphatic heterocycles. The van der Waals surface area contributed by atoms with Gasteiger partial charge in [0.25, 0.3) is 0 Å². The van der Waals surface area contributed by atoms with E-state index in [1.54, 1.807) is 23.7 Å². The first-order valence-corrected chi connectivity index (χ1v) is 14.0. The third-order valence-electron chi connectivity index (χ3n) is 5.61. The zero-order valence-electron chi connectivity index (χ0n) is 15.8. The van der Waals surface area contributed by atoms with Crippen molar-refractivity contribution in [3.63, 3.8) is 0 Å². The van der Waals surface area contributed by atoms with Crippen molar-refractivity contribution in [2.45, 2.75) is 94.3 Å². The first-order valence-electron chi connectivity index (χ1n) is 9.78. The summed E-state index contributed by atoms with van der Waals surface area (Å²) in [5.74, 6) is 0. The highest BCUT2D eigenvalue weighted by atomic mass is 127. The van der Waals surface area contributed by atoms with Gasteiger partial charge < -0.3 is 0 Å². The molecule has 0 aromatic heterocycles. The van der Waals surface area contributed by atoms with Crippen LogP contribution >= 0.6 is 22.6 Å². The molecule has 0 spiro atoms. The molecule has 0 saturated carbocycles. The number of halogens is 1. The van der Waals surface area contributed by atoms with Gasteiger partial charge in [0, 0.05) is 4.43 Å². The van der Waals surface area contributed by atoms with E-state index >= 15 is 0 Å². The van der Waals surface area contributed by atoms with E-state index in [1.807, 2.05) is 0 Å². The molecular weight excluding hydrogens is 407 g/mol. The van der Waals surface area contributed by atoms with Crippen molar-refractivity contribution in [3.05, 3.63) is 35.4 Å². The normalized spacial score (nSPS) is 13.3. The molecule has 0 fully saturated rings. The van der Waals surface area contributed by atoms with E-state index in [-0.39, 0.29) is 0 Å². The smallest absolute Gasteiger partial charge is 0.0609 e. The largest absolute Gasteiger partial charge is 0.0812 e. The number of benzene rings is 1. The minimum absolute atomic E-state index is 0.815. The summed E-state index contributed by atoms with van der Waals surface area (Å²) in [6.07, 6.45) is 8.39. The van der Waals surface area contributed by atoms with Gasteiger partial charge in [-0.25, -0.2) is 0 Å². The van der Waals surface area contributed by atoms with Crippen molar-refractivity contribution >= 4 is 30.7 Å². The molecule has 1 atom stereocenters. The molecule has 2 heteroatoms. The van der Waals surface area contributed by atoms with E-state index in [0.29, 0.717) is 0 Å². The Morgan fingerprint density at radius 1 is 0.913 bits per heavy atom. The second-order valence-corrected chi connectivity index (χ2v) is 13.1. The van der Waals surface area contributed by atoms with Crippen LogP contribution in [0.1, 0.15) is 82.9 Å². The van der Waals surface area contributed by atoms with Gasteiger partial charge in [-0.2, -0.15) is 0 Å². The molecule has 0 aliphatic rings. The van der Waals surface area contributed by atoms with Gasteiger partial charge in [0.2, 0.25) is 0 Å². The molecule has 1 aromatic rings. The summed E-state index contributed by atoms with van der Waals surface area (Å²) in [6, 6.07) is 14.1. The van der Waals surface area contributed by atoms with Gasteiger partial charge in [0.15, 0.2) is 0 Å². The monoisotopic (exact) mass is 444 g/mol. The first kappa shape index (κ1) is 21.2. The van der Waals surface area contributed by atoms with E-state index in [0.717, 1.165) is 9.97 Å². The average molecular weight is 445 g/mol. The van der Waals surface area contributed by atoms with Crippen LogP contribution in [0.25, 0.3) is 0 Å².